The first-order valence-corrected chi connectivity index (χ1v) is 40.5. The topological polar surface area (TPSA) is 550 Å². The number of nitrogen functional groups attached to an aromatic ring is 1. The molecule has 0 radical (unpaired) electrons. The van der Waals surface area contributed by atoms with Gasteiger partial charge in [-0.2, -0.15) is 4.98 Å². The molecule has 9 heterocycles. The fraction of sp³-hybridized carbons (Fsp3) is 0.513. The van der Waals surface area contributed by atoms with Gasteiger partial charge in [0.25, 0.3) is 17.4 Å². The second kappa shape index (κ2) is 34.2. The summed E-state index contributed by atoms with van der Waals surface area (Å²) in [5.41, 5.74) is 6.94. The lowest BCUT2D eigenvalue weighted by Crippen LogP contribution is -2.82. The number of H-pyrrole nitrogens is 2. The molecule has 40 heteroatoms. The Morgan fingerprint density at radius 3 is 2.41 bits per heavy atom. The van der Waals surface area contributed by atoms with E-state index in [4.69, 9.17) is 29.4 Å². The number of carboxylic acid groups (broad SMARTS) is 2. The van der Waals surface area contributed by atoms with Gasteiger partial charge in [-0.15, -0.1) is 5.10 Å². The summed E-state index contributed by atoms with van der Waals surface area (Å²) in [4.78, 5) is 132. The first-order valence-electron chi connectivity index (χ1n) is 38.0. The van der Waals surface area contributed by atoms with Crippen molar-refractivity contribution >= 4 is 103 Å². The van der Waals surface area contributed by atoms with Gasteiger partial charge in [-0.05, 0) is 119 Å². The summed E-state index contributed by atoms with van der Waals surface area (Å²) in [6.07, 6.45) is -3.89. The number of esters is 1. The van der Waals surface area contributed by atoms with Crippen LogP contribution in [-0.4, -0.2) is 272 Å². The van der Waals surface area contributed by atoms with Crippen molar-refractivity contribution in [2.24, 2.45) is 11.3 Å². The average molecular weight is 1650 g/mol. The quantitative estimate of drug-likeness (QED) is 0.00965. The Balaban J connectivity index is 0.678. The molecule has 5 aliphatic heterocycles. The molecule has 1 spiro atoms. The number of aromatic amines is 2. The minimum Gasteiger partial charge on any atom is -0.496 e. The normalized spacial score (nSPS) is 27.1. The van der Waals surface area contributed by atoms with Crippen LogP contribution in [0.2, 0.25) is 0 Å². The third-order valence-corrected chi connectivity index (χ3v) is 25.8. The maximum Gasteiger partial charge on any atom is 0.426 e. The summed E-state index contributed by atoms with van der Waals surface area (Å²) >= 11 is 0. The van der Waals surface area contributed by atoms with Crippen molar-refractivity contribution in [1.82, 2.24) is 71.6 Å². The molecule has 38 nitrogen and oxygen atoms in total. The number of rotatable bonds is 29. The zero-order valence-corrected chi connectivity index (χ0v) is 65.9. The lowest BCUT2D eigenvalue weighted by molar-refractivity contribution is -0.294. The van der Waals surface area contributed by atoms with E-state index < -0.39 is 136 Å². The summed E-state index contributed by atoms with van der Waals surface area (Å²) in [5.74, 6) is -6.86. The summed E-state index contributed by atoms with van der Waals surface area (Å²) in [5, 5.41) is 110. The summed E-state index contributed by atoms with van der Waals surface area (Å²) in [6, 6.07) is 12.8. The number of carbonyl (C=O) groups is 7. The van der Waals surface area contributed by atoms with Crippen molar-refractivity contribution in [1.29, 1.82) is 0 Å². The standard InChI is InChI=1S/C76H95N17O21S2/c1-7-72(3,108)31-38-32-75(69(106)111-6,57-44(18-21-78-33-38)43-12-9-10-13-47(43)82-57)46-29-45-50(30-51(46)110-5)91(4)66-74(45)20-23-92-22-11-19-73(8-2,65(74)92)67(104)76(66,109)68(105)88-89-71(107)113-26-27-115-116-37-49(62(100)101)84-60(98)48(28-41-36-93(90-87-41)24-25-112-64-55(96)53(94)54(95)56(114-64)63(102)103)83-59(97)39-14-16-40(17-15-39)79-34-42-35-80-58-52(81-42)61(99)86-70(77)85-58/h9-17,19,29-30,35-36,38,48-49,53-56,64-67,78-79,82,94-96,104,108-109H,7-8,18,20-28,31-34,37H2,1-6H3,(H,83,97)(H,84,98)(H,88,105)(H,89,107)(H,100,101)(H,102,103)(H3,77,80,85,86,99)/t38-,48+,49+,53+,54+,55?,56?,64-,65+,66-,67-,72+,73-,74-,75+,76+/m1/s1. The predicted molar refractivity (Wildman–Crippen MR) is 419 cm³/mol. The molecule has 2 unspecified atom stereocenters. The van der Waals surface area contributed by atoms with Gasteiger partial charge < -0.3 is 101 Å². The van der Waals surface area contributed by atoms with Crippen molar-refractivity contribution in [2.75, 3.05) is 88.1 Å². The number of anilines is 3. The molecule has 0 bridgehead atoms. The number of carbonyl (C=O) groups excluding carboxylic acids is 5. The lowest BCUT2D eigenvalue weighted by Gasteiger charge is -2.63. The lowest BCUT2D eigenvalue weighted by atomic mass is 9.47. The molecule has 1 saturated carbocycles. The van der Waals surface area contributed by atoms with Crippen LogP contribution in [0.1, 0.15) is 97.0 Å². The van der Waals surface area contributed by atoms with Crippen LogP contribution in [0.15, 0.2) is 90.0 Å². The number of nitrogens with two attached hydrogens (primary N) is 1. The van der Waals surface area contributed by atoms with Gasteiger partial charge in [-0.1, -0.05) is 71.0 Å². The van der Waals surface area contributed by atoms with E-state index in [1.54, 1.807) is 31.0 Å². The largest absolute Gasteiger partial charge is 0.496 e. The molecule has 4 amide bonds. The number of aliphatic carboxylic acids is 2. The number of aliphatic hydroxyl groups excluding tert-OH is 4. The van der Waals surface area contributed by atoms with Crippen LogP contribution < -0.4 is 53.0 Å². The second-order valence-electron chi connectivity index (χ2n) is 30.3. The molecule has 3 aromatic carbocycles. The van der Waals surface area contributed by atoms with E-state index in [1.807, 2.05) is 62.4 Å². The SMILES string of the molecule is CC[C@](C)(O)C[C@H]1CNCCc2c([nH]c3ccccc23)[C@@](C(=O)OC)(c2cc3c(cc2OC)N(C)[C@H]2[C@@](O)(C(=O)NNC(=O)OCCSSC[C@H](NC(=O)[C@H](Cc4cn(CCO[C@@H]5OC(C(=O)O)[C@@H](O)[C@H](O)C5O)nn4)NC(=O)c4ccc(NCc5cnc6nc(N)[nH]c(=O)c6n5)cc4)C(=O)O)[C@H](O)[C@]4(CC)C=CCN5CC[C@]32[C@@H]54)C1. The van der Waals surface area contributed by atoms with Crippen molar-refractivity contribution in [3.63, 3.8) is 0 Å². The highest BCUT2D eigenvalue weighted by atomic mass is 33.1. The number of ether oxygens (including phenoxy) is 5. The summed E-state index contributed by atoms with van der Waals surface area (Å²) < 4.78 is 29.8. The molecular formula is C76H95N17O21S2. The number of hydrogen-bond acceptors (Lipinski definition) is 31. The highest BCUT2D eigenvalue weighted by Gasteiger charge is 2.79. The van der Waals surface area contributed by atoms with E-state index in [-0.39, 0.29) is 91.4 Å². The molecule has 4 aromatic heterocycles. The monoisotopic (exact) mass is 1650 g/mol. The highest BCUT2D eigenvalue weighted by molar-refractivity contribution is 8.76. The smallest absolute Gasteiger partial charge is 0.426 e. The number of aliphatic hydroxyl groups is 6. The van der Waals surface area contributed by atoms with E-state index >= 15 is 9.59 Å². The number of nitrogens with one attached hydrogen (secondary N) is 8. The Labute approximate surface area is 671 Å². The van der Waals surface area contributed by atoms with Crippen LogP contribution in [0.5, 0.6) is 5.75 Å². The number of aromatic nitrogens is 8. The first-order chi connectivity index (χ1) is 55.5. The van der Waals surface area contributed by atoms with E-state index in [0.717, 1.165) is 38.1 Å². The number of para-hydroxylation sites is 1. The Morgan fingerprint density at radius 1 is 0.905 bits per heavy atom. The van der Waals surface area contributed by atoms with Crippen molar-refractivity contribution in [3.8, 4) is 5.75 Å². The minimum absolute atomic E-state index is 0.0285. The molecule has 18 N–H and O–H groups in total. The number of methoxy groups -OCH3 is 2. The van der Waals surface area contributed by atoms with E-state index in [9.17, 15) is 69.6 Å². The van der Waals surface area contributed by atoms with Crippen LogP contribution in [0.4, 0.5) is 22.1 Å². The van der Waals surface area contributed by atoms with Crippen LogP contribution in [-0.2, 0) is 79.7 Å². The third kappa shape index (κ3) is 15.8. The van der Waals surface area contributed by atoms with Crippen molar-refractivity contribution < 1.29 is 98.1 Å². The molecule has 2 saturated heterocycles. The summed E-state index contributed by atoms with van der Waals surface area (Å²) in [6.45, 7) is 6.97. The zero-order valence-electron chi connectivity index (χ0n) is 64.3. The Hall–Kier alpha value is -10.1. The number of nitrogens with zero attached hydrogens (tertiary/aromatic N) is 8. The fourth-order valence-electron chi connectivity index (χ4n) is 17.9. The van der Waals surface area contributed by atoms with Crippen LogP contribution in [0, 0.1) is 11.3 Å². The summed E-state index contributed by atoms with van der Waals surface area (Å²) in [7, 11) is 6.66. The molecule has 13 rings (SSSR count). The van der Waals surface area contributed by atoms with E-state index in [0.29, 0.717) is 91.5 Å². The molecule has 116 heavy (non-hydrogen) atoms. The van der Waals surface area contributed by atoms with Gasteiger partial charge in [0.1, 0.15) is 54.3 Å². The molecule has 3 fully saturated rings. The van der Waals surface area contributed by atoms with Crippen LogP contribution in [0.25, 0.3) is 22.1 Å². The molecule has 16 atom stereocenters. The Morgan fingerprint density at radius 2 is 1.68 bits per heavy atom. The van der Waals surface area contributed by atoms with Gasteiger partial charge in [0.15, 0.2) is 29.2 Å². The van der Waals surface area contributed by atoms with Crippen molar-refractivity contribution in [2.45, 2.75) is 162 Å². The van der Waals surface area contributed by atoms with E-state index in [2.05, 4.69) is 72.3 Å². The van der Waals surface area contributed by atoms with Gasteiger partial charge in [0.2, 0.25) is 11.9 Å². The molecule has 622 valence electrons. The van der Waals surface area contributed by atoms with Crippen molar-refractivity contribution in [3.05, 3.63) is 135 Å². The van der Waals surface area contributed by atoms with Gasteiger partial charge in [0.05, 0.1) is 63.1 Å². The maximum atomic E-state index is 15.6. The number of carboxylic acids is 2. The number of benzene rings is 3. The van der Waals surface area contributed by atoms with Crippen LogP contribution in [0.3, 0.4) is 0 Å². The number of fused-ring (bicyclic) bond motifs is 5. The zero-order chi connectivity index (χ0) is 82.9. The Kier molecular flexibility index (Phi) is 24.7. The van der Waals surface area contributed by atoms with Gasteiger partial charge in [-0.3, -0.25) is 39.3 Å². The number of likely N-dealkylation sites (N-methyl/N-ethyl adjacent to an activating group) is 1. The number of amides is 4. The van der Waals surface area contributed by atoms with Gasteiger partial charge in [-0.25, -0.2) is 34.5 Å². The average Bonchev–Trinajstić information content (AvgIpc) is 1.47. The third-order valence-electron chi connectivity index (χ3n) is 23.4. The van der Waals surface area contributed by atoms with E-state index in [1.165, 1.54) is 43.4 Å². The maximum absolute atomic E-state index is 15.6. The highest BCUT2D eigenvalue weighted by Crippen LogP contribution is 2.68. The molecular weight excluding hydrogens is 1550 g/mol. The van der Waals surface area contributed by atoms with Gasteiger partial charge >= 0.3 is 24.0 Å². The van der Waals surface area contributed by atoms with Gasteiger partial charge in [0, 0.05) is 99.8 Å². The Bertz CT molecular complexity index is 4960. The molecule has 1 aliphatic carbocycles. The predicted octanol–water partition coefficient (Wildman–Crippen LogP) is 0.0116. The first kappa shape index (κ1) is 83.8. The number of hydrogen-bond donors (Lipinski definition) is 17. The number of hydrazine groups is 1. The molecule has 7 aromatic rings. The fourth-order valence-corrected chi connectivity index (χ4v) is 19.8. The molecule has 6 aliphatic rings. The van der Waals surface area contributed by atoms with Crippen LogP contribution >= 0.6 is 21.6 Å². The minimum atomic E-state index is -2.70. The second-order valence-corrected chi connectivity index (χ2v) is 32.9.